The maximum Gasteiger partial charge on any atom is 0.124 e. The van der Waals surface area contributed by atoms with E-state index in [0.717, 1.165) is 41.3 Å². The summed E-state index contributed by atoms with van der Waals surface area (Å²) < 4.78 is 2.13. The van der Waals surface area contributed by atoms with E-state index in [-0.39, 0.29) is 0 Å². The average Bonchev–Trinajstić information content (AvgIpc) is 2.65. The molecule has 0 fully saturated rings. The van der Waals surface area contributed by atoms with Crippen LogP contribution in [-0.4, -0.2) is 9.55 Å². The van der Waals surface area contributed by atoms with Crippen molar-refractivity contribution in [2.24, 2.45) is 0 Å². The van der Waals surface area contributed by atoms with Crippen LogP contribution in [0.25, 0.3) is 11.0 Å². The van der Waals surface area contributed by atoms with Gasteiger partial charge in [0, 0.05) is 6.54 Å². The first-order valence-corrected chi connectivity index (χ1v) is 6.38. The van der Waals surface area contributed by atoms with Gasteiger partial charge in [-0.15, -0.1) is 11.6 Å². The standard InChI is InChI=1S/C12H14Cl2N2/c1-2-3-7-16-11(8-13)15-10-6-4-5-9(14)12(10)16/h4-6H,2-3,7-8H2,1H3. The highest BCUT2D eigenvalue weighted by Crippen LogP contribution is 2.25. The van der Waals surface area contributed by atoms with Crippen molar-refractivity contribution in [3.8, 4) is 0 Å². The zero-order valence-electron chi connectivity index (χ0n) is 9.21. The quantitative estimate of drug-likeness (QED) is 0.749. The number of alkyl halides is 1. The summed E-state index contributed by atoms with van der Waals surface area (Å²) in [5, 5.41) is 0.748. The topological polar surface area (TPSA) is 17.8 Å². The van der Waals surface area contributed by atoms with Crippen molar-refractivity contribution in [2.45, 2.75) is 32.2 Å². The first kappa shape index (κ1) is 11.7. The molecule has 0 spiro atoms. The van der Waals surface area contributed by atoms with Crippen molar-refractivity contribution in [3.05, 3.63) is 29.0 Å². The molecule has 4 heteroatoms. The molecule has 2 rings (SSSR count). The first-order valence-electron chi connectivity index (χ1n) is 5.47. The van der Waals surface area contributed by atoms with Gasteiger partial charge in [-0.2, -0.15) is 0 Å². The monoisotopic (exact) mass is 256 g/mol. The molecule has 16 heavy (non-hydrogen) atoms. The van der Waals surface area contributed by atoms with Gasteiger partial charge in [-0.3, -0.25) is 0 Å². The van der Waals surface area contributed by atoms with Crippen molar-refractivity contribution in [1.29, 1.82) is 0 Å². The number of aryl methyl sites for hydroxylation is 1. The summed E-state index contributed by atoms with van der Waals surface area (Å²) in [5.41, 5.74) is 1.94. The molecule has 0 N–H and O–H groups in total. The first-order chi connectivity index (χ1) is 7.77. The summed E-state index contributed by atoms with van der Waals surface area (Å²) in [6.45, 7) is 3.10. The number of rotatable bonds is 4. The molecule has 1 aromatic carbocycles. The van der Waals surface area contributed by atoms with E-state index in [1.165, 1.54) is 0 Å². The average molecular weight is 257 g/mol. The number of imidazole rings is 1. The summed E-state index contributed by atoms with van der Waals surface area (Å²) >= 11 is 12.1. The third-order valence-corrected chi connectivity index (χ3v) is 3.20. The van der Waals surface area contributed by atoms with Gasteiger partial charge in [0.15, 0.2) is 0 Å². The van der Waals surface area contributed by atoms with Crippen LogP contribution in [0.5, 0.6) is 0 Å². The second-order valence-electron chi connectivity index (χ2n) is 3.77. The second-order valence-corrected chi connectivity index (χ2v) is 4.45. The Morgan fingerprint density at radius 2 is 2.19 bits per heavy atom. The van der Waals surface area contributed by atoms with E-state index in [4.69, 9.17) is 23.2 Å². The molecule has 0 bridgehead atoms. The van der Waals surface area contributed by atoms with Gasteiger partial charge in [0.25, 0.3) is 0 Å². The number of fused-ring (bicyclic) bond motifs is 1. The predicted molar refractivity (Wildman–Crippen MR) is 69.2 cm³/mol. The summed E-state index contributed by atoms with van der Waals surface area (Å²) in [4.78, 5) is 4.49. The maximum atomic E-state index is 6.21. The van der Waals surface area contributed by atoms with Gasteiger partial charge in [0.05, 0.1) is 21.9 Å². The fourth-order valence-corrected chi connectivity index (χ4v) is 2.32. The van der Waals surface area contributed by atoms with Gasteiger partial charge in [0.1, 0.15) is 5.82 Å². The molecule has 0 unspecified atom stereocenters. The second kappa shape index (κ2) is 5.07. The normalized spacial score (nSPS) is 11.2. The Balaban J connectivity index is 2.56. The van der Waals surface area contributed by atoms with E-state index in [1.54, 1.807) is 0 Å². The SMILES string of the molecule is CCCCn1c(CCl)nc2cccc(Cl)c21. The smallest absolute Gasteiger partial charge is 0.124 e. The van der Waals surface area contributed by atoms with E-state index in [9.17, 15) is 0 Å². The molecule has 2 aromatic rings. The van der Waals surface area contributed by atoms with E-state index in [0.29, 0.717) is 5.88 Å². The summed E-state index contributed by atoms with van der Waals surface area (Å²) in [6, 6.07) is 5.78. The molecule has 0 saturated carbocycles. The molecular formula is C12H14Cl2N2. The lowest BCUT2D eigenvalue weighted by Gasteiger charge is -2.07. The van der Waals surface area contributed by atoms with Crippen LogP contribution in [-0.2, 0) is 12.4 Å². The Hall–Kier alpha value is -0.730. The molecule has 0 aliphatic rings. The lowest BCUT2D eigenvalue weighted by Crippen LogP contribution is -2.02. The number of hydrogen-bond acceptors (Lipinski definition) is 1. The van der Waals surface area contributed by atoms with Gasteiger partial charge in [-0.25, -0.2) is 4.98 Å². The Kier molecular flexibility index (Phi) is 3.72. The van der Waals surface area contributed by atoms with Crippen molar-refractivity contribution < 1.29 is 0 Å². The molecule has 0 saturated heterocycles. The number of nitrogens with zero attached hydrogens (tertiary/aromatic N) is 2. The molecule has 0 aliphatic heterocycles. The van der Waals surface area contributed by atoms with E-state index < -0.39 is 0 Å². The number of halogens is 2. The Morgan fingerprint density at radius 3 is 2.88 bits per heavy atom. The molecule has 0 aliphatic carbocycles. The molecule has 2 nitrogen and oxygen atoms in total. The number of unbranched alkanes of at least 4 members (excludes halogenated alkanes) is 1. The van der Waals surface area contributed by atoms with Crippen LogP contribution >= 0.6 is 23.2 Å². The number of hydrogen-bond donors (Lipinski definition) is 0. The summed E-state index contributed by atoms with van der Waals surface area (Å²) in [6.07, 6.45) is 2.26. The van der Waals surface area contributed by atoms with Crippen molar-refractivity contribution in [2.75, 3.05) is 0 Å². The van der Waals surface area contributed by atoms with Crippen LogP contribution < -0.4 is 0 Å². The van der Waals surface area contributed by atoms with Crippen molar-refractivity contribution >= 4 is 34.2 Å². The maximum absolute atomic E-state index is 6.21. The van der Waals surface area contributed by atoms with Crippen molar-refractivity contribution in [1.82, 2.24) is 9.55 Å². The zero-order chi connectivity index (χ0) is 11.5. The number of para-hydroxylation sites is 1. The Bertz CT molecular complexity index is 491. The highest BCUT2D eigenvalue weighted by atomic mass is 35.5. The molecule has 0 radical (unpaired) electrons. The fourth-order valence-electron chi connectivity index (χ4n) is 1.85. The highest BCUT2D eigenvalue weighted by molar-refractivity contribution is 6.35. The largest absolute Gasteiger partial charge is 0.326 e. The minimum atomic E-state index is 0.425. The van der Waals surface area contributed by atoms with Gasteiger partial charge in [-0.05, 0) is 18.6 Å². The van der Waals surface area contributed by atoms with Crippen LogP contribution in [0.2, 0.25) is 5.02 Å². The van der Waals surface area contributed by atoms with Crippen molar-refractivity contribution in [3.63, 3.8) is 0 Å². The van der Waals surface area contributed by atoms with Gasteiger partial charge >= 0.3 is 0 Å². The zero-order valence-corrected chi connectivity index (χ0v) is 10.7. The molecule has 0 atom stereocenters. The third kappa shape index (κ3) is 2.04. The lowest BCUT2D eigenvalue weighted by molar-refractivity contribution is 0.628. The highest BCUT2D eigenvalue weighted by Gasteiger charge is 2.11. The number of benzene rings is 1. The van der Waals surface area contributed by atoms with Gasteiger partial charge in [-0.1, -0.05) is 31.0 Å². The fraction of sp³-hybridized carbons (Fsp3) is 0.417. The van der Waals surface area contributed by atoms with E-state index >= 15 is 0 Å². The predicted octanol–water partition coefficient (Wildman–Crippen LogP) is 4.23. The summed E-state index contributed by atoms with van der Waals surface area (Å²) in [5.74, 6) is 1.33. The van der Waals surface area contributed by atoms with E-state index in [2.05, 4.69) is 16.5 Å². The Labute approximate surface area is 105 Å². The van der Waals surface area contributed by atoms with Crippen LogP contribution in [0.3, 0.4) is 0 Å². The molecular weight excluding hydrogens is 243 g/mol. The van der Waals surface area contributed by atoms with Crippen LogP contribution in [0, 0.1) is 0 Å². The minimum absolute atomic E-state index is 0.425. The van der Waals surface area contributed by atoms with E-state index in [1.807, 2.05) is 18.2 Å². The molecule has 0 amide bonds. The van der Waals surface area contributed by atoms with Crippen LogP contribution in [0.15, 0.2) is 18.2 Å². The Morgan fingerprint density at radius 1 is 1.38 bits per heavy atom. The minimum Gasteiger partial charge on any atom is -0.326 e. The summed E-state index contributed by atoms with van der Waals surface area (Å²) in [7, 11) is 0. The molecule has 1 aromatic heterocycles. The molecule has 86 valence electrons. The third-order valence-electron chi connectivity index (χ3n) is 2.65. The number of aromatic nitrogens is 2. The van der Waals surface area contributed by atoms with Gasteiger partial charge in [0.2, 0.25) is 0 Å². The molecule has 1 heterocycles. The van der Waals surface area contributed by atoms with Gasteiger partial charge < -0.3 is 4.57 Å². The van der Waals surface area contributed by atoms with Crippen LogP contribution in [0.4, 0.5) is 0 Å². The lowest BCUT2D eigenvalue weighted by atomic mass is 10.3. The van der Waals surface area contributed by atoms with Crippen LogP contribution in [0.1, 0.15) is 25.6 Å².